The van der Waals surface area contributed by atoms with Crippen molar-refractivity contribution in [2.24, 2.45) is 0 Å². The van der Waals surface area contributed by atoms with Crippen molar-refractivity contribution in [2.75, 3.05) is 18.5 Å². The first kappa shape index (κ1) is 17.4. The van der Waals surface area contributed by atoms with Crippen LogP contribution in [0.25, 0.3) is 0 Å². The van der Waals surface area contributed by atoms with Gasteiger partial charge in [0.2, 0.25) is 0 Å². The molecular formula is C21H20BrNO2. The Morgan fingerprint density at radius 2 is 1.48 bits per heavy atom. The Morgan fingerprint density at radius 3 is 2.20 bits per heavy atom. The minimum atomic E-state index is 0.567. The lowest BCUT2D eigenvalue weighted by Crippen LogP contribution is -2.11. The Bertz CT molecular complexity index is 775. The molecule has 0 saturated heterocycles. The molecule has 0 aromatic heterocycles. The van der Waals surface area contributed by atoms with E-state index in [9.17, 15) is 0 Å². The average molecular weight is 398 g/mol. The van der Waals surface area contributed by atoms with Gasteiger partial charge in [-0.25, -0.2) is 0 Å². The molecule has 0 radical (unpaired) electrons. The zero-order chi connectivity index (χ0) is 17.3. The van der Waals surface area contributed by atoms with Crippen molar-refractivity contribution < 1.29 is 9.47 Å². The maximum absolute atomic E-state index is 5.77. The lowest BCUT2D eigenvalue weighted by atomic mass is 10.2. The molecule has 3 nitrogen and oxygen atoms in total. The van der Waals surface area contributed by atoms with E-state index in [4.69, 9.17) is 9.47 Å². The van der Waals surface area contributed by atoms with Gasteiger partial charge in [0.15, 0.2) is 0 Å². The van der Waals surface area contributed by atoms with Gasteiger partial charge >= 0.3 is 0 Å². The van der Waals surface area contributed by atoms with Gasteiger partial charge < -0.3 is 14.8 Å². The van der Waals surface area contributed by atoms with Crippen LogP contribution in [0.15, 0.2) is 83.3 Å². The van der Waals surface area contributed by atoms with Crippen molar-refractivity contribution in [3.05, 3.63) is 88.9 Å². The smallest absolute Gasteiger partial charge is 0.120 e. The molecule has 0 heterocycles. The van der Waals surface area contributed by atoms with Crippen molar-refractivity contribution >= 4 is 21.6 Å². The van der Waals surface area contributed by atoms with Gasteiger partial charge in [0.1, 0.15) is 24.7 Å². The van der Waals surface area contributed by atoms with Crippen LogP contribution in [0.1, 0.15) is 5.56 Å². The minimum absolute atomic E-state index is 0.567. The predicted octanol–water partition coefficient (Wildman–Crippen LogP) is 5.52. The fourth-order valence-corrected chi connectivity index (χ4v) is 2.73. The maximum Gasteiger partial charge on any atom is 0.120 e. The zero-order valence-electron chi connectivity index (χ0n) is 13.8. The summed E-state index contributed by atoms with van der Waals surface area (Å²) in [5.74, 6) is 1.67. The Hall–Kier alpha value is -2.46. The van der Waals surface area contributed by atoms with E-state index in [1.807, 2.05) is 66.7 Å². The molecule has 3 aromatic carbocycles. The molecule has 0 unspecified atom stereocenters. The molecule has 3 rings (SSSR count). The van der Waals surface area contributed by atoms with E-state index in [-0.39, 0.29) is 0 Å². The number of hydrogen-bond donors (Lipinski definition) is 1. The average Bonchev–Trinajstić information content (AvgIpc) is 2.65. The normalized spacial score (nSPS) is 10.3. The molecule has 0 fully saturated rings. The molecule has 0 bridgehead atoms. The SMILES string of the molecule is Brc1cccc(NCCOc2ccc(OCc3ccccc3)cc2)c1. The highest BCUT2D eigenvalue weighted by Gasteiger charge is 1.98. The molecule has 0 aliphatic heterocycles. The Kier molecular flexibility index (Phi) is 6.35. The molecule has 0 amide bonds. The van der Waals surface area contributed by atoms with E-state index in [0.29, 0.717) is 13.2 Å². The summed E-state index contributed by atoms with van der Waals surface area (Å²) < 4.78 is 12.6. The van der Waals surface area contributed by atoms with Gasteiger partial charge in [0.05, 0.1) is 0 Å². The summed E-state index contributed by atoms with van der Waals surface area (Å²) in [7, 11) is 0. The molecule has 0 saturated carbocycles. The first-order chi connectivity index (χ1) is 12.3. The fraction of sp³-hybridized carbons (Fsp3) is 0.143. The van der Waals surface area contributed by atoms with Crippen LogP contribution in [0.2, 0.25) is 0 Å². The van der Waals surface area contributed by atoms with E-state index in [1.54, 1.807) is 0 Å². The van der Waals surface area contributed by atoms with Gasteiger partial charge in [-0.2, -0.15) is 0 Å². The van der Waals surface area contributed by atoms with Gasteiger partial charge in [-0.3, -0.25) is 0 Å². The molecular weight excluding hydrogens is 378 g/mol. The second-order valence-electron chi connectivity index (χ2n) is 5.53. The van der Waals surface area contributed by atoms with Gasteiger partial charge in [-0.05, 0) is 48.0 Å². The van der Waals surface area contributed by atoms with Crippen LogP contribution >= 0.6 is 15.9 Å². The largest absolute Gasteiger partial charge is 0.492 e. The topological polar surface area (TPSA) is 30.5 Å². The third-order valence-electron chi connectivity index (χ3n) is 3.60. The molecule has 1 N–H and O–H groups in total. The summed E-state index contributed by atoms with van der Waals surface area (Å²) in [5, 5.41) is 3.33. The first-order valence-electron chi connectivity index (χ1n) is 8.19. The van der Waals surface area contributed by atoms with Crippen LogP contribution in [0, 0.1) is 0 Å². The van der Waals surface area contributed by atoms with Crippen molar-refractivity contribution in [3.63, 3.8) is 0 Å². The summed E-state index contributed by atoms with van der Waals surface area (Å²) in [6.45, 7) is 1.90. The van der Waals surface area contributed by atoms with Crippen molar-refractivity contribution in [1.29, 1.82) is 0 Å². The zero-order valence-corrected chi connectivity index (χ0v) is 15.4. The quantitative estimate of drug-likeness (QED) is 0.507. The number of rotatable bonds is 8. The van der Waals surface area contributed by atoms with Gasteiger partial charge in [0.25, 0.3) is 0 Å². The van der Waals surface area contributed by atoms with Crippen LogP contribution in [0.5, 0.6) is 11.5 Å². The molecule has 0 aliphatic carbocycles. The second-order valence-corrected chi connectivity index (χ2v) is 6.45. The maximum atomic E-state index is 5.77. The van der Waals surface area contributed by atoms with Crippen molar-refractivity contribution in [1.82, 2.24) is 0 Å². The third-order valence-corrected chi connectivity index (χ3v) is 4.09. The summed E-state index contributed by atoms with van der Waals surface area (Å²) in [6.07, 6.45) is 0. The minimum Gasteiger partial charge on any atom is -0.492 e. The summed E-state index contributed by atoms with van der Waals surface area (Å²) in [4.78, 5) is 0. The molecule has 4 heteroatoms. The van der Waals surface area contributed by atoms with E-state index in [0.717, 1.165) is 33.8 Å². The highest BCUT2D eigenvalue weighted by Crippen LogP contribution is 2.19. The number of anilines is 1. The number of nitrogens with one attached hydrogen (secondary N) is 1. The summed E-state index contributed by atoms with van der Waals surface area (Å²) >= 11 is 3.46. The summed E-state index contributed by atoms with van der Waals surface area (Å²) in [5.41, 5.74) is 2.23. The Balaban J connectivity index is 1.40. The fourth-order valence-electron chi connectivity index (χ4n) is 2.34. The molecule has 0 aliphatic rings. The van der Waals surface area contributed by atoms with Gasteiger partial charge in [0, 0.05) is 16.7 Å². The first-order valence-corrected chi connectivity index (χ1v) is 8.98. The molecule has 0 atom stereocenters. The highest BCUT2D eigenvalue weighted by molar-refractivity contribution is 9.10. The number of ether oxygens (including phenoxy) is 2. The Morgan fingerprint density at radius 1 is 0.760 bits per heavy atom. The molecule has 128 valence electrons. The van der Waals surface area contributed by atoms with Gasteiger partial charge in [-0.1, -0.05) is 52.3 Å². The van der Waals surface area contributed by atoms with Gasteiger partial charge in [-0.15, -0.1) is 0 Å². The van der Waals surface area contributed by atoms with Crippen LogP contribution < -0.4 is 14.8 Å². The molecule has 3 aromatic rings. The Labute approximate surface area is 156 Å². The number of benzene rings is 3. The predicted molar refractivity (Wildman–Crippen MR) is 105 cm³/mol. The van der Waals surface area contributed by atoms with Crippen molar-refractivity contribution in [3.8, 4) is 11.5 Å². The lowest BCUT2D eigenvalue weighted by molar-refractivity contribution is 0.303. The van der Waals surface area contributed by atoms with Crippen LogP contribution in [0.4, 0.5) is 5.69 Å². The van der Waals surface area contributed by atoms with Crippen LogP contribution in [-0.2, 0) is 6.61 Å². The molecule has 0 spiro atoms. The number of hydrogen-bond acceptors (Lipinski definition) is 3. The van der Waals surface area contributed by atoms with E-state index < -0.39 is 0 Å². The van der Waals surface area contributed by atoms with E-state index in [1.165, 1.54) is 0 Å². The second kappa shape index (κ2) is 9.14. The lowest BCUT2D eigenvalue weighted by Gasteiger charge is -2.10. The number of halogens is 1. The highest BCUT2D eigenvalue weighted by atomic mass is 79.9. The van der Waals surface area contributed by atoms with Crippen molar-refractivity contribution in [2.45, 2.75) is 6.61 Å². The van der Waals surface area contributed by atoms with Crippen LogP contribution in [-0.4, -0.2) is 13.2 Å². The monoisotopic (exact) mass is 397 g/mol. The summed E-state index contributed by atoms with van der Waals surface area (Å²) in [6, 6.07) is 25.9. The standard InChI is InChI=1S/C21H20BrNO2/c22-18-7-4-8-19(15-18)23-13-14-24-20-9-11-21(12-10-20)25-16-17-5-2-1-3-6-17/h1-12,15,23H,13-14,16H2. The molecule has 25 heavy (non-hydrogen) atoms. The van der Waals surface area contributed by atoms with E-state index >= 15 is 0 Å². The van der Waals surface area contributed by atoms with E-state index in [2.05, 4.69) is 33.4 Å². The van der Waals surface area contributed by atoms with Crippen LogP contribution in [0.3, 0.4) is 0 Å². The third kappa shape index (κ3) is 5.84.